The summed E-state index contributed by atoms with van der Waals surface area (Å²) in [6.07, 6.45) is 4.15. The lowest BCUT2D eigenvalue weighted by Gasteiger charge is -2.28. The second-order valence-corrected chi connectivity index (χ2v) is 7.20. The normalized spacial score (nSPS) is 15.5. The third kappa shape index (κ3) is 5.76. The van der Waals surface area contributed by atoms with Crippen molar-refractivity contribution in [2.24, 2.45) is 0 Å². The van der Waals surface area contributed by atoms with Gasteiger partial charge in [0.15, 0.2) is 0 Å². The molecule has 0 atom stereocenters. The van der Waals surface area contributed by atoms with Gasteiger partial charge < -0.3 is 10.1 Å². The van der Waals surface area contributed by atoms with Crippen molar-refractivity contribution >= 4 is 11.7 Å². The number of nitrogens with zero attached hydrogens (tertiary/aromatic N) is 2. The van der Waals surface area contributed by atoms with Crippen LogP contribution in [0.5, 0.6) is 5.88 Å². The van der Waals surface area contributed by atoms with Gasteiger partial charge in [-0.15, -0.1) is 0 Å². The van der Waals surface area contributed by atoms with E-state index in [9.17, 15) is 9.18 Å². The Kier molecular flexibility index (Phi) is 7.58. The lowest BCUT2D eigenvalue weighted by molar-refractivity contribution is -0.116. The predicted molar refractivity (Wildman–Crippen MR) is 113 cm³/mol. The molecule has 2 aromatic rings. The molecule has 2 aliphatic rings. The van der Waals surface area contributed by atoms with Gasteiger partial charge in [0.05, 0.1) is 6.61 Å². The minimum atomic E-state index is -0.144. The molecule has 0 spiro atoms. The molecule has 1 amide bonds. The molecule has 1 N–H and O–H groups in total. The zero-order valence-electron chi connectivity index (χ0n) is 17.3. The summed E-state index contributed by atoms with van der Waals surface area (Å²) in [6.45, 7) is 7.48. The molecule has 5 nitrogen and oxygen atoms in total. The minimum Gasteiger partial charge on any atom is -0.478 e. The molecule has 0 unspecified atom stereocenters. The summed E-state index contributed by atoms with van der Waals surface area (Å²) in [7, 11) is 0. The standard InChI is InChI=1S/C21H24FN3O2.C2H6/c22-18-6-3-17-14-25(11-9-16(17)13-18)10-1-2-12-27-20-8-5-15-4-7-19(26)23-21(15)24-20;1-2/h3,5-6,8,13H,1-2,4,7,9-12,14H2,(H,23,24,26);1-2H3. The lowest BCUT2D eigenvalue weighted by atomic mass is 9.99. The van der Waals surface area contributed by atoms with Gasteiger partial charge in [-0.05, 0) is 67.1 Å². The highest BCUT2D eigenvalue weighted by Gasteiger charge is 2.17. The largest absolute Gasteiger partial charge is 0.478 e. The molecule has 0 saturated carbocycles. The number of nitrogens with one attached hydrogen (secondary N) is 1. The number of hydrogen-bond acceptors (Lipinski definition) is 4. The number of ether oxygens (including phenoxy) is 1. The van der Waals surface area contributed by atoms with E-state index in [-0.39, 0.29) is 11.7 Å². The maximum absolute atomic E-state index is 13.3. The Morgan fingerprint density at radius 3 is 2.76 bits per heavy atom. The highest BCUT2D eigenvalue weighted by atomic mass is 19.1. The molecule has 0 aliphatic carbocycles. The average molecular weight is 400 g/mol. The van der Waals surface area contributed by atoms with Gasteiger partial charge in [0, 0.05) is 25.6 Å². The van der Waals surface area contributed by atoms with E-state index in [0.717, 1.165) is 56.4 Å². The smallest absolute Gasteiger partial charge is 0.225 e. The van der Waals surface area contributed by atoms with Gasteiger partial charge in [0.2, 0.25) is 11.8 Å². The third-order valence-corrected chi connectivity index (χ3v) is 5.21. The fourth-order valence-electron chi connectivity index (χ4n) is 3.69. The summed E-state index contributed by atoms with van der Waals surface area (Å²) in [5, 5.41) is 2.80. The number of pyridine rings is 1. The van der Waals surface area contributed by atoms with Crippen LogP contribution in [0.15, 0.2) is 30.3 Å². The molecule has 0 fully saturated rings. The van der Waals surface area contributed by atoms with Gasteiger partial charge in [0.25, 0.3) is 0 Å². The third-order valence-electron chi connectivity index (χ3n) is 5.21. The number of aromatic nitrogens is 1. The van der Waals surface area contributed by atoms with E-state index in [1.165, 1.54) is 5.56 Å². The second-order valence-electron chi connectivity index (χ2n) is 7.20. The Bertz CT molecular complexity index is 841. The quantitative estimate of drug-likeness (QED) is 0.734. The Morgan fingerprint density at radius 2 is 1.90 bits per heavy atom. The van der Waals surface area contributed by atoms with E-state index in [4.69, 9.17) is 4.74 Å². The summed E-state index contributed by atoms with van der Waals surface area (Å²) in [6, 6.07) is 8.96. The molecule has 6 heteroatoms. The number of carbonyl (C=O) groups excluding carboxylic acids is 1. The van der Waals surface area contributed by atoms with Crippen molar-refractivity contribution in [3.63, 3.8) is 0 Å². The number of anilines is 1. The molecule has 156 valence electrons. The molecule has 1 aromatic carbocycles. The highest BCUT2D eigenvalue weighted by Crippen LogP contribution is 2.23. The number of benzene rings is 1. The zero-order valence-corrected chi connectivity index (χ0v) is 17.3. The maximum atomic E-state index is 13.3. The van der Waals surface area contributed by atoms with E-state index in [2.05, 4.69) is 15.2 Å². The van der Waals surface area contributed by atoms with Crippen molar-refractivity contribution in [2.75, 3.05) is 25.0 Å². The molecule has 3 heterocycles. The van der Waals surface area contributed by atoms with Crippen molar-refractivity contribution in [3.05, 3.63) is 52.8 Å². The highest BCUT2D eigenvalue weighted by molar-refractivity contribution is 5.92. The molecule has 1 aromatic heterocycles. The van der Waals surface area contributed by atoms with Crippen LogP contribution < -0.4 is 10.1 Å². The van der Waals surface area contributed by atoms with Crippen LogP contribution in [0.1, 0.15) is 49.8 Å². The Hall–Kier alpha value is -2.47. The van der Waals surface area contributed by atoms with Gasteiger partial charge in [-0.3, -0.25) is 9.69 Å². The van der Waals surface area contributed by atoms with Gasteiger partial charge in [-0.1, -0.05) is 19.9 Å². The first-order valence-electron chi connectivity index (χ1n) is 10.6. The lowest BCUT2D eigenvalue weighted by Crippen LogP contribution is -2.31. The number of carbonyl (C=O) groups is 1. The topological polar surface area (TPSA) is 54.5 Å². The first-order chi connectivity index (χ1) is 14.2. The Labute approximate surface area is 172 Å². The van der Waals surface area contributed by atoms with Crippen LogP contribution in [-0.2, 0) is 24.2 Å². The number of hydrogen-bond donors (Lipinski definition) is 1. The summed E-state index contributed by atoms with van der Waals surface area (Å²) in [4.78, 5) is 18.3. The first kappa shape index (κ1) is 21.2. The maximum Gasteiger partial charge on any atom is 0.225 e. The Balaban J connectivity index is 0.00000117. The van der Waals surface area contributed by atoms with Crippen molar-refractivity contribution in [1.29, 1.82) is 0 Å². The molecule has 0 radical (unpaired) electrons. The fourth-order valence-corrected chi connectivity index (χ4v) is 3.69. The van der Waals surface area contributed by atoms with Crippen LogP contribution in [0, 0.1) is 5.82 Å². The number of aryl methyl sites for hydroxylation is 1. The van der Waals surface area contributed by atoms with Crippen molar-refractivity contribution < 1.29 is 13.9 Å². The fraction of sp³-hybridized carbons (Fsp3) is 0.478. The van der Waals surface area contributed by atoms with E-state index < -0.39 is 0 Å². The molecular formula is C23H30FN3O2. The second kappa shape index (κ2) is 10.3. The van der Waals surface area contributed by atoms with Crippen molar-refractivity contribution in [3.8, 4) is 5.88 Å². The monoisotopic (exact) mass is 399 g/mol. The number of rotatable bonds is 6. The van der Waals surface area contributed by atoms with Gasteiger partial charge in [-0.2, -0.15) is 4.98 Å². The van der Waals surface area contributed by atoms with Crippen LogP contribution in [0.3, 0.4) is 0 Å². The summed E-state index contributed by atoms with van der Waals surface area (Å²) in [5.74, 6) is 1.06. The summed E-state index contributed by atoms with van der Waals surface area (Å²) in [5.41, 5.74) is 3.44. The minimum absolute atomic E-state index is 0.0120. The van der Waals surface area contributed by atoms with E-state index in [0.29, 0.717) is 24.7 Å². The molecule has 2 aliphatic heterocycles. The molecular weight excluding hydrogens is 369 g/mol. The molecule has 0 saturated heterocycles. The van der Waals surface area contributed by atoms with Crippen molar-refractivity contribution in [2.45, 2.75) is 52.5 Å². The van der Waals surface area contributed by atoms with E-state index in [1.54, 1.807) is 12.1 Å². The SMILES string of the molecule is CC.O=C1CCc2ccc(OCCCCN3CCc4cc(F)ccc4C3)nc2N1. The summed E-state index contributed by atoms with van der Waals surface area (Å²) < 4.78 is 19.0. The van der Waals surface area contributed by atoms with Gasteiger partial charge in [0.1, 0.15) is 11.6 Å². The predicted octanol–water partition coefficient (Wildman–Crippen LogP) is 4.35. The van der Waals surface area contributed by atoms with Crippen molar-refractivity contribution in [1.82, 2.24) is 9.88 Å². The molecule has 29 heavy (non-hydrogen) atoms. The molecule has 4 rings (SSSR count). The van der Waals surface area contributed by atoms with Crippen LogP contribution in [0.4, 0.5) is 10.2 Å². The number of halogens is 1. The van der Waals surface area contributed by atoms with Crippen LogP contribution in [0.25, 0.3) is 0 Å². The van der Waals surface area contributed by atoms with Crippen LogP contribution in [-0.4, -0.2) is 35.5 Å². The zero-order chi connectivity index (χ0) is 20.6. The van der Waals surface area contributed by atoms with Gasteiger partial charge in [-0.25, -0.2) is 4.39 Å². The van der Waals surface area contributed by atoms with Crippen LogP contribution in [0.2, 0.25) is 0 Å². The molecule has 0 bridgehead atoms. The van der Waals surface area contributed by atoms with E-state index in [1.807, 2.05) is 32.0 Å². The summed E-state index contributed by atoms with van der Waals surface area (Å²) >= 11 is 0. The van der Waals surface area contributed by atoms with Gasteiger partial charge >= 0.3 is 0 Å². The number of amides is 1. The van der Waals surface area contributed by atoms with Crippen LogP contribution >= 0.6 is 0 Å². The Morgan fingerprint density at radius 1 is 1.07 bits per heavy atom. The first-order valence-corrected chi connectivity index (χ1v) is 10.6. The number of unbranched alkanes of at least 4 members (excludes halogenated alkanes) is 1. The van der Waals surface area contributed by atoms with E-state index >= 15 is 0 Å². The average Bonchev–Trinajstić information content (AvgIpc) is 2.74. The number of fused-ring (bicyclic) bond motifs is 2.